The van der Waals surface area contributed by atoms with E-state index in [1.54, 1.807) is 30.2 Å². The molecule has 1 aliphatic heterocycles. The summed E-state index contributed by atoms with van der Waals surface area (Å²) in [6.45, 7) is 1.09. The fourth-order valence-corrected chi connectivity index (χ4v) is 2.59. The quantitative estimate of drug-likeness (QED) is 0.810. The van der Waals surface area contributed by atoms with Gasteiger partial charge in [-0.3, -0.25) is 4.79 Å². The number of carbonyl (C=O) groups is 1. The molecule has 2 aromatic carbocycles. The minimum atomic E-state index is -0.292. The summed E-state index contributed by atoms with van der Waals surface area (Å²) in [6.07, 6.45) is 4.24. The van der Waals surface area contributed by atoms with Crippen LogP contribution in [0, 0.1) is 5.82 Å². The van der Waals surface area contributed by atoms with E-state index in [2.05, 4.69) is 0 Å². The maximum absolute atomic E-state index is 13.2. The van der Waals surface area contributed by atoms with Crippen molar-refractivity contribution >= 4 is 12.0 Å². The molecule has 0 aliphatic carbocycles. The highest BCUT2D eigenvalue weighted by molar-refractivity contribution is 5.91. The highest BCUT2D eigenvalue weighted by Crippen LogP contribution is 2.26. The third-order valence-corrected chi connectivity index (χ3v) is 3.82. The van der Waals surface area contributed by atoms with Gasteiger partial charge in [-0.15, -0.1) is 0 Å². The van der Waals surface area contributed by atoms with E-state index >= 15 is 0 Å². The van der Waals surface area contributed by atoms with Crippen LogP contribution in [-0.2, 0) is 17.8 Å². The predicted octanol–water partition coefficient (Wildman–Crippen LogP) is 3.43. The summed E-state index contributed by atoms with van der Waals surface area (Å²) in [7, 11) is 1.70. The van der Waals surface area contributed by atoms with Crippen LogP contribution in [0.25, 0.3) is 6.08 Å². The molecule has 1 amide bonds. The fraction of sp³-hybridized carbons (Fsp3) is 0.211. The SMILES string of the molecule is CN(Cc1cccc(F)c1)C(=O)/C=C/c1ccc2c(c1)CCO2. The molecule has 2 aromatic rings. The summed E-state index contributed by atoms with van der Waals surface area (Å²) in [5.41, 5.74) is 2.92. The Balaban J connectivity index is 1.63. The minimum Gasteiger partial charge on any atom is -0.493 e. The maximum Gasteiger partial charge on any atom is 0.246 e. The van der Waals surface area contributed by atoms with Gasteiger partial charge in [0, 0.05) is 26.1 Å². The van der Waals surface area contributed by atoms with Crippen LogP contribution >= 0.6 is 0 Å². The number of hydrogen-bond donors (Lipinski definition) is 0. The molecule has 118 valence electrons. The van der Waals surface area contributed by atoms with Crippen molar-refractivity contribution in [2.75, 3.05) is 13.7 Å². The van der Waals surface area contributed by atoms with Gasteiger partial charge < -0.3 is 9.64 Å². The van der Waals surface area contributed by atoms with Crippen LogP contribution in [0.4, 0.5) is 4.39 Å². The zero-order chi connectivity index (χ0) is 16.2. The molecule has 3 rings (SSSR count). The number of hydrogen-bond acceptors (Lipinski definition) is 2. The Morgan fingerprint density at radius 1 is 1.30 bits per heavy atom. The van der Waals surface area contributed by atoms with Crippen molar-refractivity contribution in [1.82, 2.24) is 4.90 Å². The summed E-state index contributed by atoms with van der Waals surface area (Å²) < 4.78 is 18.6. The predicted molar refractivity (Wildman–Crippen MR) is 87.5 cm³/mol. The number of rotatable bonds is 4. The fourth-order valence-electron chi connectivity index (χ4n) is 2.59. The molecule has 0 saturated heterocycles. The van der Waals surface area contributed by atoms with Crippen LogP contribution in [0.1, 0.15) is 16.7 Å². The largest absolute Gasteiger partial charge is 0.493 e. The molecule has 1 aliphatic rings. The first kappa shape index (κ1) is 15.3. The zero-order valence-electron chi connectivity index (χ0n) is 13.0. The lowest BCUT2D eigenvalue weighted by molar-refractivity contribution is -0.125. The Bertz CT molecular complexity index is 755. The van der Waals surface area contributed by atoms with Gasteiger partial charge in [-0.1, -0.05) is 18.2 Å². The molecule has 23 heavy (non-hydrogen) atoms. The van der Waals surface area contributed by atoms with E-state index in [1.165, 1.54) is 23.8 Å². The van der Waals surface area contributed by atoms with Gasteiger partial charge in [0.05, 0.1) is 6.61 Å². The van der Waals surface area contributed by atoms with Crippen molar-refractivity contribution in [2.24, 2.45) is 0 Å². The molecule has 0 spiro atoms. The second-order valence-corrected chi connectivity index (χ2v) is 5.62. The Morgan fingerprint density at radius 2 is 2.17 bits per heavy atom. The maximum atomic E-state index is 13.2. The van der Waals surface area contributed by atoms with Crippen LogP contribution in [0.3, 0.4) is 0 Å². The average molecular weight is 311 g/mol. The molecule has 0 N–H and O–H groups in total. The van der Waals surface area contributed by atoms with Crippen molar-refractivity contribution in [3.05, 3.63) is 71.0 Å². The third-order valence-electron chi connectivity index (χ3n) is 3.82. The van der Waals surface area contributed by atoms with Crippen LogP contribution in [0.5, 0.6) is 5.75 Å². The monoisotopic (exact) mass is 311 g/mol. The van der Waals surface area contributed by atoms with Gasteiger partial charge >= 0.3 is 0 Å². The zero-order valence-corrected chi connectivity index (χ0v) is 13.0. The summed E-state index contributed by atoms with van der Waals surface area (Å²) in [4.78, 5) is 13.7. The van der Waals surface area contributed by atoms with Gasteiger partial charge in [-0.2, -0.15) is 0 Å². The lowest BCUT2D eigenvalue weighted by Gasteiger charge is -2.15. The van der Waals surface area contributed by atoms with E-state index in [-0.39, 0.29) is 11.7 Å². The molecule has 0 saturated carbocycles. The number of benzene rings is 2. The Labute approximate surface area is 135 Å². The summed E-state index contributed by atoms with van der Waals surface area (Å²) >= 11 is 0. The van der Waals surface area contributed by atoms with Gasteiger partial charge in [-0.25, -0.2) is 4.39 Å². The first-order chi connectivity index (χ1) is 11.1. The van der Waals surface area contributed by atoms with Crippen molar-refractivity contribution in [1.29, 1.82) is 0 Å². The van der Waals surface area contributed by atoms with E-state index in [1.807, 2.05) is 18.2 Å². The molecule has 3 nitrogen and oxygen atoms in total. The Hall–Kier alpha value is -2.62. The van der Waals surface area contributed by atoms with Gasteiger partial charge in [0.1, 0.15) is 11.6 Å². The van der Waals surface area contributed by atoms with Crippen molar-refractivity contribution in [3.63, 3.8) is 0 Å². The second-order valence-electron chi connectivity index (χ2n) is 5.62. The smallest absolute Gasteiger partial charge is 0.246 e. The van der Waals surface area contributed by atoms with E-state index in [4.69, 9.17) is 4.74 Å². The number of likely N-dealkylation sites (N-methyl/N-ethyl adjacent to an activating group) is 1. The van der Waals surface area contributed by atoms with Crippen LogP contribution in [0.2, 0.25) is 0 Å². The number of amides is 1. The molecular formula is C19H18FNO2. The standard InChI is InChI=1S/C19H18FNO2/c1-21(13-15-3-2-4-17(20)12-15)19(22)8-6-14-5-7-18-16(11-14)9-10-23-18/h2-8,11-12H,9-10,13H2,1H3/b8-6+. The Kier molecular flexibility index (Phi) is 4.42. The molecule has 1 heterocycles. The number of ether oxygens (including phenoxy) is 1. The first-order valence-electron chi connectivity index (χ1n) is 7.55. The molecule has 4 heteroatoms. The van der Waals surface area contributed by atoms with Gasteiger partial charge in [0.15, 0.2) is 0 Å². The van der Waals surface area contributed by atoms with Gasteiger partial charge in [0.2, 0.25) is 5.91 Å². The van der Waals surface area contributed by atoms with E-state index in [0.717, 1.165) is 29.9 Å². The lowest BCUT2D eigenvalue weighted by Crippen LogP contribution is -2.24. The van der Waals surface area contributed by atoms with Crippen LogP contribution in [-0.4, -0.2) is 24.5 Å². The minimum absolute atomic E-state index is 0.119. The molecule has 0 radical (unpaired) electrons. The molecular weight excluding hydrogens is 293 g/mol. The van der Waals surface area contributed by atoms with Crippen molar-refractivity contribution < 1.29 is 13.9 Å². The number of carbonyl (C=O) groups excluding carboxylic acids is 1. The summed E-state index contributed by atoms with van der Waals surface area (Å²) in [6, 6.07) is 12.2. The summed E-state index contributed by atoms with van der Waals surface area (Å²) in [5.74, 6) is 0.516. The number of fused-ring (bicyclic) bond motifs is 1. The lowest BCUT2D eigenvalue weighted by atomic mass is 10.1. The number of halogens is 1. The highest BCUT2D eigenvalue weighted by Gasteiger charge is 2.11. The molecule has 0 aromatic heterocycles. The van der Waals surface area contributed by atoms with E-state index in [0.29, 0.717) is 6.54 Å². The summed E-state index contributed by atoms with van der Waals surface area (Å²) in [5, 5.41) is 0. The van der Waals surface area contributed by atoms with Gasteiger partial charge in [0.25, 0.3) is 0 Å². The highest BCUT2D eigenvalue weighted by atomic mass is 19.1. The Morgan fingerprint density at radius 3 is 3.00 bits per heavy atom. The first-order valence-corrected chi connectivity index (χ1v) is 7.55. The van der Waals surface area contributed by atoms with E-state index in [9.17, 15) is 9.18 Å². The van der Waals surface area contributed by atoms with E-state index < -0.39 is 0 Å². The molecule has 0 atom stereocenters. The normalized spacial score (nSPS) is 13.0. The van der Waals surface area contributed by atoms with Gasteiger partial charge in [-0.05, 0) is 47.0 Å². The molecule has 0 fully saturated rings. The van der Waals surface area contributed by atoms with Crippen LogP contribution in [0.15, 0.2) is 48.5 Å². The van der Waals surface area contributed by atoms with Crippen molar-refractivity contribution in [3.8, 4) is 5.75 Å². The molecule has 0 unspecified atom stereocenters. The molecule has 0 bridgehead atoms. The second kappa shape index (κ2) is 6.65. The van der Waals surface area contributed by atoms with Crippen LogP contribution < -0.4 is 4.74 Å². The average Bonchev–Trinajstić information content (AvgIpc) is 3.00. The number of nitrogens with zero attached hydrogens (tertiary/aromatic N) is 1. The van der Waals surface area contributed by atoms with Crippen molar-refractivity contribution in [2.45, 2.75) is 13.0 Å². The third kappa shape index (κ3) is 3.77. The topological polar surface area (TPSA) is 29.5 Å².